The number of ether oxygens (including phenoxy) is 2. The second-order valence-electron chi connectivity index (χ2n) is 8.01. The third kappa shape index (κ3) is 13.9. The zero-order valence-electron chi connectivity index (χ0n) is 24.0. The van der Waals surface area contributed by atoms with Crippen LogP contribution >= 0.6 is 0 Å². The number of rotatable bonds is 15. The molecule has 38 heavy (non-hydrogen) atoms. The fourth-order valence-electron chi connectivity index (χ4n) is 3.01. The number of hydrogen-bond donors (Lipinski definition) is 1. The Morgan fingerprint density at radius 2 is 1.29 bits per heavy atom. The van der Waals surface area contributed by atoms with Gasteiger partial charge in [0.25, 0.3) is 5.91 Å². The van der Waals surface area contributed by atoms with Crippen LogP contribution in [0.15, 0.2) is 42.6 Å². The Balaban J connectivity index is 0.00000326. The summed E-state index contributed by atoms with van der Waals surface area (Å²) in [5, 5.41) is 2.88. The average molecular weight is 529 g/mol. The van der Waals surface area contributed by atoms with Gasteiger partial charge in [0.2, 0.25) is 0 Å². The molecule has 1 heterocycles. The highest BCUT2D eigenvalue weighted by Crippen LogP contribution is 2.18. The van der Waals surface area contributed by atoms with Gasteiger partial charge in [-0.25, -0.2) is 0 Å². The van der Waals surface area contributed by atoms with Gasteiger partial charge in [0.15, 0.2) is 5.78 Å². The number of nitrogens with zero attached hydrogens (tertiary/aromatic N) is 1. The van der Waals surface area contributed by atoms with Crippen LogP contribution in [0.1, 0.15) is 88.4 Å². The lowest BCUT2D eigenvalue weighted by Crippen LogP contribution is -2.41. The SMILES string of the molecule is CC.CC.CCC(=O)c1ccc(-c2ccc(C(=O)NC(COCCC(C)=O)COCCC(C)=O)cc2)nc1. The molecule has 0 fully saturated rings. The second kappa shape index (κ2) is 20.8. The van der Waals surface area contributed by atoms with Gasteiger partial charge in [-0.05, 0) is 38.1 Å². The lowest BCUT2D eigenvalue weighted by atomic mass is 10.1. The van der Waals surface area contributed by atoms with E-state index in [1.54, 1.807) is 49.5 Å². The fourth-order valence-corrected chi connectivity index (χ4v) is 3.01. The highest BCUT2D eigenvalue weighted by molar-refractivity contribution is 5.96. The van der Waals surface area contributed by atoms with Gasteiger partial charge in [0.05, 0.1) is 38.2 Å². The van der Waals surface area contributed by atoms with E-state index in [9.17, 15) is 19.2 Å². The number of carbonyl (C=O) groups is 4. The Labute approximate surface area is 227 Å². The average Bonchev–Trinajstić information content (AvgIpc) is 2.94. The summed E-state index contributed by atoms with van der Waals surface area (Å²) in [6.07, 6.45) is 2.59. The molecule has 0 spiro atoms. The first-order valence-corrected chi connectivity index (χ1v) is 13.3. The molecule has 0 saturated heterocycles. The maximum Gasteiger partial charge on any atom is 0.251 e. The number of hydrogen-bond acceptors (Lipinski definition) is 7. The summed E-state index contributed by atoms with van der Waals surface area (Å²) >= 11 is 0. The van der Waals surface area contributed by atoms with Crippen molar-refractivity contribution in [1.82, 2.24) is 10.3 Å². The molecule has 0 bridgehead atoms. The summed E-state index contributed by atoms with van der Waals surface area (Å²) in [6, 6.07) is 10.1. The lowest BCUT2D eigenvalue weighted by molar-refractivity contribution is -0.118. The molecule has 1 aromatic carbocycles. The van der Waals surface area contributed by atoms with Crippen molar-refractivity contribution in [1.29, 1.82) is 0 Å². The molecule has 0 atom stereocenters. The number of aromatic nitrogens is 1. The van der Waals surface area contributed by atoms with E-state index < -0.39 is 6.04 Å². The Hall–Kier alpha value is -3.23. The molecule has 0 aliphatic rings. The van der Waals surface area contributed by atoms with Crippen molar-refractivity contribution in [3.63, 3.8) is 0 Å². The molecule has 8 heteroatoms. The second-order valence-corrected chi connectivity index (χ2v) is 8.01. The first kappa shape index (κ1) is 34.8. The predicted molar refractivity (Wildman–Crippen MR) is 150 cm³/mol. The number of benzene rings is 1. The summed E-state index contributed by atoms with van der Waals surface area (Å²) in [7, 11) is 0. The molecule has 1 amide bonds. The van der Waals surface area contributed by atoms with E-state index in [2.05, 4.69) is 10.3 Å². The van der Waals surface area contributed by atoms with Gasteiger partial charge >= 0.3 is 0 Å². The summed E-state index contributed by atoms with van der Waals surface area (Å²) < 4.78 is 11.0. The normalized spacial score (nSPS) is 10.0. The van der Waals surface area contributed by atoms with E-state index in [0.29, 0.717) is 36.1 Å². The lowest BCUT2D eigenvalue weighted by Gasteiger charge is -2.19. The van der Waals surface area contributed by atoms with Gasteiger partial charge in [-0.3, -0.25) is 24.2 Å². The molecule has 0 radical (unpaired) electrons. The van der Waals surface area contributed by atoms with E-state index in [0.717, 1.165) is 5.56 Å². The summed E-state index contributed by atoms with van der Waals surface area (Å²) in [5.74, 6) is -0.200. The summed E-state index contributed by atoms with van der Waals surface area (Å²) in [6.45, 7) is 13.7. The molecule has 0 saturated carbocycles. The van der Waals surface area contributed by atoms with E-state index in [1.165, 1.54) is 13.8 Å². The Morgan fingerprint density at radius 3 is 1.71 bits per heavy atom. The quantitative estimate of drug-likeness (QED) is 0.240. The van der Waals surface area contributed by atoms with Gasteiger partial charge in [-0.15, -0.1) is 0 Å². The molecule has 0 unspecified atom stereocenters. The first-order chi connectivity index (χ1) is 18.3. The van der Waals surface area contributed by atoms with Crippen LogP contribution in [0, 0.1) is 0 Å². The zero-order valence-corrected chi connectivity index (χ0v) is 24.0. The molecule has 0 aliphatic carbocycles. The predicted octanol–water partition coefficient (Wildman–Crippen LogP) is 5.48. The summed E-state index contributed by atoms with van der Waals surface area (Å²) in [5.41, 5.74) is 2.56. The van der Waals surface area contributed by atoms with E-state index in [4.69, 9.17) is 9.47 Å². The van der Waals surface area contributed by atoms with Gasteiger partial charge in [-0.1, -0.05) is 46.8 Å². The van der Waals surface area contributed by atoms with Crippen molar-refractivity contribution in [2.24, 2.45) is 0 Å². The van der Waals surface area contributed by atoms with Gasteiger partial charge in [0.1, 0.15) is 11.6 Å². The minimum absolute atomic E-state index is 0.0273. The largest absolute Gasteiger partial charge is 0.379 e. The van der Waals surface area contributed by atoms with Gasteiger partial charge in [-0.2, -0.15) is 0 Å². The zero-order chi connectivity index (χ0) is 28.9. The van der Waals surface area contributed by atoms with Crippen LogP contribution in [0.25, 0.3) is 11.3 Å². The number of carbonyl (C=O) groups excluding carboxylic acids is 4. The third-order valence-corrected chi connectivity index (χ3v) is 5.02. The Bertz CT molecular complexity index is 949. The van der Waals surface area contributed by atoms with Crippen LogP contribution in [-0.4, -0.2) is 60.7 Å². The minimum Gasteiger partial charge on any atom is -0.379 e. The maximum absolute atomic E-state index is 12.8. The molecule has 8 nitrogen and oxygen atoms in total. The molecular weight excluding hydrogens is 484 g/mol. The molecule has 2 aromatic rings. The van der Waals surface area contributed by atoms with Crippen molar-refractivity contribution < 1.29 is 28.7 Å². The smallest absolute Gasteiger partial charge is 0.251 e. The Morgan fingerprint density at radius 1 is 0.789 bits per heavy atom. The van der Waals surface area contributed by atoms with Crippen LogP contribution in [0.4, 0.5) is 0 Å². The number of nitrogens with one attached hydrogen (secondary N) is 1. The number of amides is 1. The van der Waals surface area contributed by atoms with Crippen molar-refractivity contribution in [3.05, 3.63) is 53.7 Å². The van der Waals surface area contributed by atoms with Gasteiger partial charge < -0.3 is 14.8 Å². The number of pyridine rings is 1. The molecule has 1 aromatic heterocycles. The van der Waals surface area contributed by atoms with Crippen molar-refractivity contribution in [3.8, 4) is 11.3 Å². The molecule has 2 rings (SSSR count). The van der Waals surface area contributed by atoms with Crippen LogP contribution in [-0.2, 0) is 19.1 Å². The fraction of sp³-hybridized carbons (Fsp3) is 0.500. The molecule has 0 aliphatic heterocycles. The van der Waals surface area contributed by atoms with E-state index in [1.807, 2.05) is 27.7 Å². The van der Waals surface area contributed by atoms with E-state index >= 15 is 0 Å². The maximum atomic E-state index is 12.8. The third-order valence-electron chi connectivity index (χ3n) is 5.02. The van der Waals surface area contributed by atoms with Crippen LogP contribution in [0.5, 0.6) is 0 Å². The van der Waals surface area contributed by atoms with Crippen LogP contribution in [0.3, 0.4) is 0 Å². The highest BCUT2D eigenvalue weighted by Gasteiger charge is 2.15. The number of ketones is 3. The Kier molecular flexibility index (Phi) is 19.0. The summed E-state index contributed by atoms with van der Waals surface area (Å²) in [4.78, 5) is 51.0. The topological polar surface area (TPSA) is 112 Å². The number of Topliss-reactive ketones (excluding diaryl/α,β-unsaturated/α-hetero) is 3. The van der Waals surface area contributed by atoms with E-state index in [-0.39, 0.29) is 49.7 Å². The van der Waals surface area contributed by atoms with Crippen LogP contribution in [0.2, 0.25) is 0 Å². The van der Waals surface area contributed by atoms with Gasteiger partial charge in [0, 0.05) is 42.1 Å². The van der Waals surface area contributed by atoms with Crippen molar-refractivity contribution in [2.75, 3.05) is 26.4 Å². The minimum atomic E-state index is -0.434. The van der Waals surface area contributed by atoms with Crippen molar-refractivity contribution >= 4 is 23.3 Å². The first-order valence-electron chi connectivity index (χ1n) is 13.3. The standard InChI is InChI=1S/C26H32N2O6.2C2H6/c1-4-25(31)22-9-10-24(27-15-22)20-5-7-21(8-6-20)26(32)28-23(16-33-13-11-18(2)29)17-34-14-12-19(3)30;2*1-2/h5-10,15,23H,4,11-14,16-17H2,1-3H3,(H,28,32);2*1-2H3. The molecular formula is C30H44N2O6. The molecule has 210 valence electrons. The highest BCUT2D eigenvalue weighted by atomic mass is 16.5. The molecule has 1 N–H and O–H groups in total. The monoisotopic (exact) mass is 528 g/mol. The van der Waals surface area contributed by atoms with Crippen LogP contribution < -0.4 is 5.32 Å². The van der Waals surface area contributed by atoms with Crippen molar-refractivity contribution in [2.45, 2.75) is 73.8 Å².